The zero-order valence-corrected chi connectivity index (χ0v) is 5.01. The predicted octanol–water partition coefficient (Wildman–Crippen LogP) is 0.489. The van der Waals surface area contributed by atoms with Gasteiger partial charge in [0.25, 0.3) is 0 Å². The Kier molecular flexibility index (Phi) is 59.3. The van der Waals surface area contributed by atoms with E-state index in [0.717, 1.165) is 0 Å². The first kappa shape index (κ1) is 15.7. The molecule has 0 spiro atoms. The highest BCUT2D eigenvalue weighted by molar-refractivity contribution is 5.85. The molecule has 0 rings (SSSR count). The van der Waals surface area contributed by atoms with Gasteiger partial charge in [0, 0.05) is 0 Å². The van der Waals surface area contributed by atoms with Gasteiger partial charge in [-0.3, -0.25) is 0 Å². The Bertz CT molecular complexity index is 147. The molecule has 5 heteroatoms. The van der Waals surface area contributed by atoms with Gasteiger partial charge in [-0.1, -0.05) is 0 Å². The maximum absolute atomic E-state index is 7.26. The second-order valence-corrected chi connectivity index (χ2v) is 0.447. The van der Waals surface area contributed by atoms with E-state index < -0.39 is 0 Å². The molecule has 0 heterocycles. The van der Waals surface area contributed by atoms with Crippen LogP contribution in [0, 0.1) is 45.3 Å². The van der Waals surface area contributed by atoms with Gasteiger partial charge in [-0.15, -0.1) is 12.4 Å². The molecule has 0 saturated carbocycles. The lowest BCUT2D eigenvalue weighted by Gasteiger charge is -1.16. The Hall–Kier alpha value is -1.75. The van der Waals surface area contributed by atoms with Gasteiger partial charge in [-0.25, -0.2) is 0 Å². The van der Waals surface area contributed by atoms with Crippen LogP contribution in [0.3, 0.4) is 0 Å². The Labute approximate surface area is 58.6 Å². The van der Waals surface area contributed by atoms with Gasteiger partial charge in [0.2, 0.25) is 0 Å². The van der Waals surface area contributed by atoms with E-state index in [-0.39, 0.29) is 12.4 Å². The topological polar surface area (TPSA) is 95.2 Å². The van der Waals surface area contributed by atoms with Crippen LogP contribution in [-0.2, 0) is 0 Å². The number of rotatable bonds is 0. The first-order valence-electron chi connectivity index (χ1n) is 1.39. The molecule has 0 saturated heterocycles. The Balaban J connectivity index is -0.0000000720. The quantitative estimate of drug-likeness (QED) is 0.489. The van der Waals surface area contributed by atoms with E-state index in [0.29, 0.717) is 0 Å². The first-order valence-corrected chi connectivity index (χ1v) is 1.39. The highest BCUT2D eigenvalue weighted by Gasteiger charge is 1.40. The second-order valence-electron chi connectivity index (χ2n) is 0.447. The van der Waals surface area contributed by atoms with Gasteiger partial charge < -0.3 is 0 Å². The maximum atomic E-state index is 7.26. The fraction of sp³-hybridized carbons (Fsp3) is 0. The minimum atomic E-state index is 0. The van der Waals surface area contributed by atoms with E-state index in [1.807, 2.05) is 0 Å². The van der Waals surface area contributed by atoms with E-state index >= 15 is 0 Å². The van der Waals surface area contributed by atoms with Gasteiger partial charge in [-0.05, 0) is 0 Å². The molecule has 0 fully saturated rings. The average Bonchev–Trinajstić information content (AvgIpc) is 1.88. The second kappa shape index (κ2) is 34.0. The molecule has 0 aromatic rings. The highest BCUT2D eigenvalue weighted by atomic mass is 35.5. The largest absolute Gasteiger partial charge is 0.181 e. The van der Waals surface area contributed by atoms with Crippen molar-refractivity contribution >= 4 is 12.4 Å². The van der Waals surface area contributed by atoms with Crippen LogP contribution in [0.25, 0.3) is 0 Å². The van der Waals surface area contributed by atoms with E-state index in [4.69, 9.17) is 21.0 Å². The number of hydrogen-bond donors (Lipinski definition) is 0. The van der Waals surface area contributed by atoms with Crippen molar-refractivity contribution in [2.75, 3.05) is 0 Å². The van der Waals surface area contributed by atoms with Crippen LogP contribution in [0.4, 0.5) is 0 Å². The van der Waals surface area contributed by atoms with Crippen molar-refractivity contribution in [3.8, 4) is 24.3 Å². The molecule has 0 aromatic heterocycles. The molecule has 0 unspecified atom stereocenters. The Morgan fingerprint density at radius 3 is 0.667 bits per heavy atom. The monoisotopic (exact) mass is 140 g/mol. The third-order valence-electron chi connectivity index (χ3n) is 0.100. The minimum absolute atomic E-state index is 0. The summed E-state index contributed by atoms with van der Waals surface area (Å²) in [6, 6.07) is 4.94. The van der Waals surface area contributed by atoms with Gasteiger partial charge in [0.15, 0.2) is 24.3 Å². The van der Waals surface area contributed by atoms with E-state index in [2.05, 4.69) is 0 Å². The molecule has 0 aliphatic heterocycles. The molecular weight excluding hydrogens is 140 g/mol. The number of nitrogens with zero attached hydrogens (tertiary/aromatic N) is 4. The van der Waals surface area contributed by atoms with Gasteiger partial charge in [0.05, 0.1) is 0 Å². The SMILES string of the molecule is Cl.N#CC#N.N#CC#N. The van der Waals surface area contributed by atoms with Crippen LogP contribution in [-0.4, -0.2) is 0 Å². The smallest absolute Gasteiger partial charge is 0.181 e. The van der Waals surface area contributed by atoms with Crippen LogP contribution < -0.4 is 0 Å². The van der Waals surface area contributed by atoms with Crippen molar-refractivity contribution in [2.24, 2.45) is 0 Å². The molecule has 44 valence electrons. The van der Waals surface area contributed by atoms with Crippen molar-refractivity contribution in [1.82, 2.24) is 0 Å². The van der Waals surface area contributed by atoms with Crippen LogP contribution in [0.5, 0.6) is 0 Å². The van der Waals surface area contributed by atoms with Crippen molar-refractivity contribution in [1.29, 1.82) is 21.0 Å². The van der Waals surface area contributed by atoms with Crippen LogP contribution in [0.1, 0.15) is 0 Å². The Morgan fingerprint density at radius 2 is 0.667 bits per heavy atom. The molecule has 0 atom stereocenters. The fourth-order valence-electron chi connectivity index (χ4n) is 0. The molecular formula is C4HClN4. The molecule has 0 bridgehead atoms. The minimum Gasteiger partial charge on any atom is -0.181 e. The lowest BCUT2D eigenvalue weighted by molar-refractivity contribution is 1.49. The summed E-state index contributed by atoms with van der Waals surface area (Å²) in [6.07, 6.45) is 0. The Morgan fingerprint density at radius 1 is 0.556 bits per heavy atom. The summed E-state index contributed by atoms with van der Waals surface area (Å²) >= 11 is 0. The van der Waals surface area contributed by atoms with Crippen molar-refractivity contribution in [3.05, 3.63) is 0 Å². The van der Waals surface area contributed by atoms with Crippen LogP contribution in [0.2, 0.25) is 0 Å². The molecule has 0 aromatic carbocycles. The first-order chi connectivity index (χ1) is 3.83. The number of nitriles is 4. The molecule has 0 aliphatic rings. The van der Waals surface area contributed by atoms with Gasteiger partial charge >= 0.3 is 0 Å². The van der Waals surface area contributed by atoms with Crippen LogP contribution in [0.15, 0.2) is 0 Å². The average molecular weight is 141 g/mol. The predicted molar refractivity (Wildman–Crippen MR) is 29.7 cm³/mol. The number of hydrogen-bond acceptors (Lipinski definition) is 4. The molecule has 4 nitrogen and oxygen atoms in total. The summed E-state index contributed by atoms with van der Waals surface area (Å²) < 4.78 is 0. The third kappa shape index (κ3) is 1810. The zero-order valence-electron chi connectivity index (χ0n) is 4.20. The summed E-state index contributed by atoms with van der Waals surface area (Å²) in [5.74, 6) is 0. The lowest BCUT2D eigenvalue weighted by atomic mass is 10.9. The molecule has 9 heavy (non-hydrogen) atoms. The van der Waals surface area contributed by atoms with E-state index in [9.17, 15) is 0 Å². The summed E-state index contributed by atoms with van der Waals surface area (Å²) in [5, 5.41) is 29.1. The highest BCUT2D eigenvalue weighted by Crippen LogP contribution is 1.27. The van der Waals surface area contributed by atoms with Crippen molar-refractivity contribution in [2.45, 2.75) is 0 Å². The fourth-order valence-corrected chi connectivity index (χ4v) is 0. The van der Waals surface area contributed by atoms with Gasteiger partial charge in [0.1, 0.15) is 0 Å². The summed E-state index contributed by atoms with van der Waals surface area (Å²) in [4.78, 5) is 0. The summed E-state index contributed by atoms with van der Waals surface area (Å²) in [6.45, 7) is 0. The zero-order chi connectivity index (χ0) is 6.83. The van der Waals surface area contributed by atoms with Crippen LogP contribution >= 0.6 is 12.4 Å². The van der Waals surface area contributed by atoms with Crippen molar-refractivity contribution < 1.29 is 0 Å². The van der Waals surface area contributed by atoms with E-state index in [1.165, 1.54) is 24.3 Å². The number of halogens is 1. The molecule has 0 N–H and O–H groups in total. The summed E-state index contributed by atoms with van der Waals surface area (Å²) in [7, 11) is 0. The normalized spacial score (nSPS) is 2.22. The standard InChI is InChI=1S/2C2N2.ClH/c2*3-1-2-4;/h;;1H. The van der Waals surface area contributed by atoms with Gasteiger partial charge in [-0.2, -0.15) is 21.0 Å². The maximum Gasteiger partial charge on any atom is 0.181 e. The van der Waals surface area contributed by atoms with E-state index in [1.54, 1.807) is 0 Å². The molecule has 0 aliphatic carbocycles. The third-order valence-corrected chi connectivity index (χ3v) is 0.100. The lowest BCUT2D eigenvalue weighted by Crippen LogP contribution is -1.26. The summed E-state index contributed by atoms with van der Waals surface area (Å²) in [5.41, 5.74) is 0. The molecule has 0 amide bonds. The van der Waals surface area contributed by atoms with Crippen molar-refractivity contribution in [3.63, 3.8) is 0 Å². The molecule has 0 radical (unpaired) electrons.